The van der Waals surface area contributed by atoms with E-state index >= 15 is 0 Å². The monoisotopic (exact) mass is 378 g/mol. The Morgan fingerprint density at radius 1 is 0.815 bits per heavy atom. The second kappa shape index (κ2) is 9.80. The second-order valence-electron chi connectivity index (χ2n) is 8.72. The van der Waals surface area contributed by atoms with Crippen LogP contribution in [0, 0.1) is 35.2 Å². The van der Waals surface area contributed by atoms with Crippen molar-refractivity contribution in [2.75, 3.05) is 0 Å². The van der Waals surface area contributed by atoms with Crippen molar-refractivity contribution in [2.45, 2.75) is 83.5 Å². The van der Waals surface area contributed by atoms with Gasteiger partial charge in [-0.25, -0.2) is 13.2 Å². The van der Waals surface area contributed by atoms with E-state index < -0.39 is 17.5 Å². The summed E-state index contributed by atoms with van der Waals surface area (Å²) in [6, 6.07) is 2.35. The molecule has 1 aromatic carbocycles. The molecule has 1 aromatic rings. The normalized spacial score (nSPS) is 29.3. The van der Waals surface area contributed by atoms with Gasteiger partial charge >= 0.3 is 0 Å². The summed E-state index contributed by atoms with van der Waals surface area (Å²) in [6.45, 7) is 2.27. The van der Waals surface area contributed by atoms with Crippen LogP contribution < -0.4 is 0 Å². The molecule has 2 saturated carbocycles. The summed E-state index contributed by atoms with van der Waals surface area (Å²) < 4.78 is 40.1. The van der Waals surface area contributed by atoms with Gasteiger partial charge in [0, 0.05) is 0 Å². The van der Waals surface area contributed by atoms with Crippen LogP contribution in [-0.2, 0) is 0 Å². The molecule has 0 saturated heterocycles. The Bertz CT molecular complexity index is 598. The van der Waals surface area contributed by atoms with Gasteiger partial charge in [0.2, 0.25) is 0 Å². The van der Waals surface area contributed by atoms with Crippen LogP contribution in [0.1, 0.15) is 89.0 Å². The average Bonchev–Trinajstić information content (AvgIpc) is 2.69. The molecule has 27 heavy (non-hydrogen) atoms. The van der Waals surface area contributed by atoms with Crippen molar-refractivity contribution in [3.8, 4) is 0 Å². The number of hydrogen-bond donors (Lipinski definition) is 0. The lowest BCUT2D eigenvalue weighted by molar-refractivity contribution is 0.289. The summed E-state index contributed by atoms with van der Waals surface area (Å²) in [5.41, 5.74) is 0.610. The summed E-state index contributed by atoms with van der Waals surface area (Å²) >= 11 is 0. The smallest absolute Gasteiger partial charge is 0.194 e. The molecular weight excluding hydrogens is 345 g/mol. The minimum absolute atomic E-state index is 0.147. The van der Waals surface area contributed by atoms with Gasteiger partial charge in [-0.1, -0.05) is 38.3 Å². The summed E-state index contributed by atoms with van der Waals surface area (Å²) in [5, 5.41) is 0. The first-order valence-electron chi connectivity index (χ1n) is 10.9. The molecule has 0 aromatic heterocycles. The first-order valence-corrected chi connectivity index (χ1v) is 10.9. The van der Waals surface area contributed by atoms with Gasteiger partial charge in [0.15, 0.2) is 17.5 Å². The fraction of sp³-hybridized carbons (Fsp3) is 0.667. The maximum absolute atomic E-state index is 13.5. The van der Waals surface area contributed by atoms with Crippen molar-refractivity contribution < 1.29 is 13.2 Å². The van der Waals surface area contributed by atoms with Gasteiger partial charge in [0.05, 0.1) is 0 Å². The quantitative estimate of drug-likeness (QED) is 0.348. The van der Waals surface area contributed by atoms with E-state index in [0.29, 0.717) is 11.5 Å². The Balaban J connectivity index is 1.44. The molecule has 3 heteroatoms. The number of unbranched alkanes of at least 4 members (excludes halogenated alkanes) is 1. The highest BCUT2D eigenvalue weighted by molar-refractivity contribution is 5.23. The van der Waals surface area contributed by atoms with Crippen LogP contribution >= 0.6 is 0 Å². The van der Waals surface area contributed by atoms with E-state index in [1.54, 1.807) is 0 Å². The molecule has 0 radical (unpaired) electrons. The van der Waals surface area contributed by atoms with E-state index in [1.165, 1.54) is 57.1 Å². The molecule has 0 N–H and O–H groups in total. The van der Waals surface area contributed by atoms with E-state index in [-0.39, 0.29) is 5.92 Å². The zero-order valence-electron chi connectivity index (χ0n) is 16.5. The standard InChI is InChI=1S/C24H33F3/c1-2-3-4-17-5-7-18(8-6-17)9-10-19-11-13-20(14-12-19)21-15-22(25)24(27)23(26)16-21/h9-10,15-20H,2-8,11-14H2,1H3/b10-9+/t17-,18-,19-,20-. The number of halogens is 3. The maximum Gasteiger partial charge on any atom is 0.194 e. The van der Waals surface area contributed by atoms with Gasteiger partial charge < -0.3 is 0 Å². The fourth-order valence-electron chi connectivity index (χ4n) is 4.93. The predicted molar refractivity (Wildman–Crippen MR) is 105 cm³/mol. The van der Waals surface area contributed by atoms with Crippen molar-refractivity contribution in [3.05, 3.63) is 47.3 Å². The van der Waals surface area contributed by atoms with Gasteiger partial charge in [-0.2, -0.15) is 0 Å². The van der Waals surface area contributed by atoms with E-state index in [1.807, 2.05) is 0 Å². The molecular formula is C24H33F3. The molecule has 0 heterocycles. The Kier molecular flexibility index (Phi) is 7.43. The SMILES string of the molecule is CCCC[C@H]1CC[C@H](/C=C/[C@H]2CC[C@H](c3cc(F)c(F)c(F)c3)CC2)CC1. The van der Waals surface area contributed by atoms with Crippen molar-refractivity contribution in [1.82, 2.24) is 0 Å². The van der Waals surface area contributed by atoms with Crippen LogP contribution in [0.4, 0.5) is 13.2 Å². The zero-order valence-corrected chi connectivity index (χ0v) is 16.5. The lowest BCUT2D eigenvalue weighted by atomic mass is 9.77. The molecule has 0 nitrogen and oxygen atoms in total. The summed E-state index contributed by atoms with van der Waals surface area (Å²) in [4.78, 5) is 0. The average molecular weight is 379 g/mol. The Labute approximate surface area is 162 Å². The van der Waals surface area contributed by atoms with Crippen molar-refractivity contribution in [2.24, 2.45) is 17.8 Å². The fourth-order valence-corrected chi connectivity index (χ4v) is 4.93. The molecule has 2 aliphatic carbocycles. The van der Waals surface area contributed by atoms with E-state index in [0.717, 1.165) is 37.5 Å². The van der Waals surface area contributed by atoms with Crippen LogP contribution in [0.5, 0.6) is 0 Å². The Morgan fingerprint density at radius 2 is 1.33 bits per heavy atom. The van der Waals surface area contributed by atoms with Crippen LogP contribution in [0.3, 0.4) is 0 Å². The third-order valence-electron chi connectivity index (χ3n) is 6.76. The van der Waals surface area contributed by atoms with Crippen LogP contribution in [0.2, 0.25) is 0 Å². The van der Waals surface area contributed by atoms with Gasteiger partial charge in [0.1, 0.15) is 0 Å². The van der Waals surface area contributed by atoms with Crippen molar-refractivity contribution in [1.29, 1.82) is 0 Å². The predicted octanol–water partition coefficient (Wildman–Crippen LogP) is 7.93. The lowest BCUT2D eigenvalue weighted by Gasteiger charge is -2.29. The number of rotatable bonds is 6. The topological polar surface area (TPSA) is 0 Å². The Morgan fingerprint density at radius 3 is 1.85 bits per heavy atom. The lowest BCUT2D eigenvalue weighted by Crippen LogP contribution is -2.15. The molecule has 2 aliphatic rings. The van der Waals surface area contributed by atoms with E-state index in [9.17, 15) is 13.2 Å². The van der Waals surface area contributed by atoms with E-state index in [2.05, 4.69) is 19.1 Å². The first kappa shape index (κ1) is 20.5. The minimum Gasteiger partial charge on any atom is -0.204 e. The van der Waals surface area contributed by atoms with Gasteiger partial charge in [0.25, 0.3) is 0 Å². The van der Waals surface area contributed by atoms with Crippen LogP contribution in [0.25, 0.3) is 0 Å². The Hall–Kier alpha value is -1.25. The molecule has 0 spiro atoms. The summed E-state index contributed by atoms with van der Waals surface area (Å²) in [6.07, 6.45) is 18.3. The minimum atomic E-state index is -1.36. The largest absolute Gasteiger partial charge is 0.204 e. The molecule has 150 valence electrons. The van der Waals surface area contributed by atoms with Gasteiger partial charge in [-0.05, 0) is 92.7 Å². The molecule has 0 aliphatic heterocycles. The van der Waals surface area contributed by atoms with Crippen molar-refractivity contribution >= 4 is 0 Å². The molecule has 0 amide bonds. The molecule has 0 bridgehead atoms. The van der Waals surface area contributed by atoms with Crippen LogP contribution in [0.15, 0.2) is 24.3 Å². The second-order valence-corrected chi connectivity index (χ2v) is 8.72. The highest BCUT2D eigenvalue weighted by Crippen LogP contribution is 2.38. The van der Waals surface area contributed by atoms with E-state index in [4.69, 9.17) is 0 Å². The zero-order chi connectivity index (χ0) is 19.2. The van der Waals surface area contributed by atoms with Gasteiger partial charge in [-0.15, -0.1) is 0 Å². The van der Waals surface area contributed by atoms with Gasteiger partial charge in [-0.3, -0.25) is 0 Å². The van der Waals surface area contributed by atoms with Crippen LogP contribution in [-0.4, -0.2) is 0 Å². The maximum atomic E-state index is 13.5. The summed E-state index contributed by atoms with van der Waals surface area (Å²) in [7, 11) is 0. The molecule has 3 rings (SSSR count). The molecule has 0 unspecified atom stereocenters. The first-order chi connectivity index (χ1) is 13.1. The number of benzene rings is 1. The molecule has 0 atom stereocenters. The third-order valence-corrected chi connectivity index (χ3v) is 6.76. The highest BCUT2D eigenvalue weighted by Gasteiger charge is 2.24. The molecule has 2 fully saturated rings. The van der Waals surface area contributed by atoms with Crippen molar-refractivity contribution in [3.63, 3.8) is 0 Å². The number of hydrogen-bond acceptors (Lipinski definition) is 0. The summed E-state index contributed by atoms with van der Waals surface area (Å²) in [5.74, 6) is -1.09. The third kappa shape index (κ3) is 5.62. The number of allylic oxidation sites excluding steroid dienone is 2. The highest BCUT2D eigenvalue weighted by atomic mass is 19.2.